The normalized spacial score (nSPS) is 15.4. The fraction of sp³-hybridized carbons (Fsp3) is 0. The van der Waals surface area contributed by atoms with Crippen LogP contribution in [0, 0.1) is 0 Å². The largest absolute Gasteiger partial charge is 0.272 e. The number of anilines is 1. The van der Waals surface area contributed by atoms with E-state index in [1.165, 1.54) is 6.20 Å². The molecule has 2 rings (SSSR count). The van der Waals surface area contributed by atoms with Crippen LogP contribution < -0.4 is 10.5 Å². The van der Waals surface area contributed by atoms with Crippen molar-refractivity contribution in [3.05, 3.63) is 40.6 Å². The van der Waals surface area contributed by atoms with Crippen molar-refractivity contribution in [3.63, 3.8) is 0 Å². The smallest absolute Gasteiger partial charge is 0.0777 e. The number of hydroxylamine groups is 1. The predicted octanol–water partition coefficient (Wildman–Crippen LogP) is 2.40. The number of nitrogens with zero attached hydrogens (tertiary/aromatic N) is 2. The zero-order chi connectivity index (χ0) is 10.1. The summed E-state index contributed by atoms with van der Waals surface area (Å²) < 4.78 is 0. The lowest BCUT2D eigenvalue weighted by molar-refractivity contribution is -0.0791. The molecule has 1 aliphatic rings. The van der Waals surface area contributed by atoms with Crippen LogP contribution in [0.2, 0.25) is 10.0 Å². The number of nitrogens with one attached hydrogen (secondary N) is 1. The average molecular weight is 232 g/mol. The van der Waals surface area contributed by atoms with Gasteiger partial charge in [-0.2, -0.15) is 5.17 Å². The molecule has 0 saturated heterocycles. The lowest BCUT2D eigenvalue weighted by Crippen LogP contribution is -2.37. The van der Waals surface area contributed by atoms with Gasteiger partial charge in [0.15, 0.2) is 0 Å². The molecule has 1 aliphatic heterocycles. The Morgan fingerprint density at radius 2 is 2.00 bits per heavy atom. The molecule has 0 aromatic heterocycles. The minimum Gasteiger partial charge on any atom is -0.272 e. The molecule has 0 atom stereocenters. The van der Waals surface area contributed by atoms with E-state index in [2.05, 4.69) is 5.53 Å². The van der Waals surface area contributed by atoms with Crippen molar-refractivity contribution in [2.75, 3.05) is 5.01 Å². The third-order valence-electron chi connectivity index (χ3n) is 1.74. The predicted molar refractivity (Wildman–Crippen MR) is 54.8 cm³/mol. The van der Waals surface area contributed by atoms with Crippen LogP contribution in [-0.4, -0.2) is 10.4 Å². The van der Waals surface area contributed by atoms with Crippen LogP contribution in [0.3, 0.4) is 0 Å². The third-order valence-corrected chi connectivity index (χ3v) is 2.27. The van der Waals surface area contributed by atoms with Crippen LogP contribution in [0.15, 0.2) is 30.6 Å². The van der Waals surface area contributed by atoms with Crippen molar-refractivity contribution < 1.29 is 5.21 Å². The third kappa shape index (κ3) is 1.78. The maximum Gasteiger partial charge on any atom is 0.0777 e. The summed E-state index contributed by atoms with van der Waals surface area (Å²) >= 11 is 11.7. The standard InChI is InChI=1S/C8H7Cl2N3O/c9-6-1-2-8(7(10)5-6)12-3-4-13(14)11-12/h1-5,11,14H. The zero-order valence-corrected chi connectivity index (χ0v) is 8.50. The monoisotopic (exact) mass is 231 g/mol. The minimum absolute atomic E-state index is 0.505. The molecule has 1 aromatic rings. The van der Waals surface area contributed by atoms with E-state index in [-0.39, 0.29) is 0 Å². The Morgan fingerprint density at radius 3 is 2.57 bits per heavy atom. The van der Waals surface area contributed by atoms with Crippen molar-refractivity contribution in [2.24, 2.45) is 0 Å². The zero-order valence-electron chi connectivity index (χ0n) is 6.98. The Bertz CT molecular complexity index is 383. The Hall–Kier alpha value is -0.940. The molecule has 0 saturated carbocycles. The maximum atomic E-state index is 9.03. The highest BCUT2D eigenvalue weighted by molar-refractivity contribution is 6.36. The number of benzene rings is 1. The van der Waals surface area contributed by atoms with E-state index in [0.717, 1.165) is 5.17 Å². The van der Waals surface area contributed by atoms with E-state index in [9.17, 15) is 0 Å². The molecule has 74 valence electrons. The summed E-state index contributed by atoms with van der Waals surface area (Å²) in [6.07, 6.45) is 3.08. The average Bonchev–Trinajstić information content (AvgIpc) is 2.51. The van der Waals surface area contributed by atoms with Crippen molar-refractivity contribution >= 4 is 28.9 Å². The van der Waals surface area contributed by atoms with Gasteiger partial charge in [-0.1, -0.05) is 23.2 Å². The molecule has 0 spiro atoms. The van der Waals surface area contributed by atoms with Crippen LogP contribution in [0.4, 0.5) is 5.69 Å². The second-order valence-corrected chi connectivity index (χ2v) is 3.55. The van der Waals surface area contributed by atoms with E-state index in [4.69, 9.17) is 28.4 Å². The molecule has 0 fully saturated rings. The summed E-state index contributed by atoms with van der Waals surface area (Å²) in [5.41, 5.74) is 3.33. The Morgan fingerprint density at radius 1 is 1.21 bits per heavy atom. The highest BCUT2D eigenvalue weighted by atomic mass is 35.5. The van der Waals surface area contributed by atoms with Crippen LogP contribution >= 0.6 is 23.2 Å². The summed E-state index contributed by atoms with van der Waals surface area (Å²) in [5, 5.41) is 12.5. The molecular formula is C8H7Cl2N3O. The molecule has 4 nitrogen and oxygen atoms in total. The Kier molecular flexibility index (Phi) is 2.52. The lowest BCUT2D eigenvalue weighted by atomic mass is 10.3. The van der Waals surface area contributed by atoms with Crippen LogP contribution in [0.1, 0.15) is 0 Å². The topological polar surface area (TPSA) is 38.7 Å². The molecule has 2 N–H and O–H groups in total. The number of hydrogen-bond acceptors (Lipinski definition) is 4. The fourth-order valence-electron chi connectivity index (χ4n) is 1.12. The number of rotatable bonds is 1. The van der Waals surface area contributed by atoms with E-state index in [0.29, 0.717) is 15.7 Å². The van der Waals surface area contributed by atoms with Crippen LogP contribution in [-0.2, 0) is 0 Å². The Balaban J connectivity index is 2.29. The molecular weight excluding hydrogens is 225 g/mol. The molecule has 14 heavy (non-hydrogen) atoms. The van der Waals surface area contributed by atoms with Crippen molar-refractivity contribution in [3.8, 4) is 0 Å². The van der Waals surface area contributed by atoms with Gasteiger partial charge in [-0.05, 0) is 18.2 Å². The summed E-state index contributed by atoms with van der Waals surface area (Å²) in [7, 11) is 0. The Labute approximate surface area is 90.8 Å². The fourth-order valence-corrected chi connectivity index (χ4v) is 1.62. The summed E-state index contributed by atoms with van der Waals surface area (Å²) in [4.78, 5) is 0. The van der Waals surface area contributed by atoms with Gasteiger partial charge in [0.2, 0.25) is 0 Å². The lowest BCUT2D eigenvalue weighted by Gasteiger charge is -2.19. The first-order valence-corrected chi connectivity index (χ1v) is 4.59. The highest BCUT2D eigenvalue weighted by Gasteiger charge is 2.14. The SMILES string of the molecule is ON1C=CN(c2ccc(Cl)cc2Cl)N1. The minimum atomic E-state index is 0.505. The van der Waals surface area contributed by atoms with Crippen molar-refractivity contribution in [1.29, 1.82) is 0 Å². The van der Waals surface area contributed by atoms with Gasteiger partial charge in [-0.15, -0.1) is 5.53 Å². The molecule has 0 aliphatic carbocycles. The first-order chi connectivity index (χ1) is 6.66. The molecule has 1 aromatic carbocycles. The highest BCUT2D eigenvalue weighted by Crippen LogP contribution is 2.28. The summed E-state index contributed by atoms with van der Waals surface area (Å²) in [5.74, 6) is 0. The van der Waals surface area contributed by atoms with Gasteiger partial charge in [0.25, 0.3) is 0 Å². The summed E-state index contributed by atoms with van der Waals surface area (Å²) in [6.45, 7) is 0. The first kappa shape index (κ1) is 9.61. The number of hydrazine groups is 2. The van der Waals surface area contributed by atoms with Gasteiger partial charge in [-0.3, -0.25) is 10.2 Å². The molecule has 0 unspecified atom stereocenters. The van der Waals surface area contributed by atoms with E-state index in [1.807, 2.05) is 0 Å². The van der Waals surface area contributed by atoms with Gasteiger partial charge < -0.3 is 0 Å². The number of hydrogen-bond donors (Lipinski definition) is 2. The van der Waals surface area contributed by atoms with E-state index in [1.54, 1.807) is 29.4 Å². The molecule has 0 bridgehead atoms. The quantitative estimate of drug-likeness (QED) is 0.779. The van der Waals surface area contributed by atoms with Gasteiger partial charge in [0, 0.05) is 11.2 Å². The van der Waals surface area contributed by atoms with Gasteiger partial charge >= 0.3 is 0 Å². The van der Waals surface area contributed by atoms with E-state index >= 15 is 0 Å². The van der Waals surface area contributed by atoms with Crippen molar-refractivity contribution in [2.45, 2.75) is 0 Å². The second-order valence-electron chi connectivity index (χ2n) is 2.71. The van der Waals surface area contributed by atoms with Crippen LogP contribution in [0.25, 0.3) is 0 Å². The van der Waals surface area contributed by atoms with Gasteiger partial charge in [0.1, 0.15) is 0 Å². The van der Waals surface area contributed by atoms with Gasteiger partial charge in [-0.25, -0.2) is 0 Å². The summed E-state index contributed by atoms with van der Waals surface area (Å²) in [6, 6.07) is 5.10. The number of halogens is 2. The molecule has 0 amide bonds. The van der Waals surface area contributed by atoms with Crippen molar-refractivity contribution in [1.82, 2.24) is 10.7 Å². The first-order valence-electron chi connectivity index (χ1n) is 3.84. The molecule has 6 heteroatoms. The van der Waals surface area contributed by atoms with Crippen LogP contribution in [0.5, 0.6) is 0 Å². The van der Waals surface area contributed by atoms with Gasteiger partial charge in [0.05, 0.1) is 16.9 Å². The van der Waals surface area contributed by atoms with E-state index < -0.39 is 0 Å². The second kappa shape index (κ2) is 3.67. The maximum absolute atomic E-state index is 9.03. The molecule has 0 radical (unpaired) electrons. The molecule has 1 heterocycles.